The molecule has 5 heteroatoms. The molecule has 2 rings (SSSR count). The van der Waals surface area contributed by atoms with Gasteiger partial charge in [0.15, 0.2) is 17.3 Å². The van der Waals surface area contributed by atoms with Gasteiger partial charge in [0.1, 0.15) is 0 Å². The fourth-order valence-electron chi connectivity index (χ4n) is 1.45. The minimum atomic E-state index is -0.428. The highest BCUT2D eigenvalue weighted by atomic mass is 35.5. The first-order valence-corrected chi connectivity index (χ1v) is 5.92. The van der Waals surface area contributed by atoms with E-state index in [9.17, 15) is 4.39 Å². The van der Waals surface area contributed by atoms with Crippen LogP contribution in [0.5, 0.6) is 11.5 Å². The maximum absolute atomic E-state index is 13.8. The molecule has 0 aliphatic carbocycles. The predicted octanol–water partition coefficient (Wildman–Crippen LogP) is 4.82. The third-order valence-corrected chi connectivity index (χ3v) is 3.15. The lowest BCUT2D eigenvalue weighted by Gasteiger charge is -2.11. The van der Waals surface area contributed by atoms with Crippen molar-refractivity contribution in [1.82, 2.24) is 0 Å². The van der Waals surface area contributed by atoms with Crippen molar-refractivity contribution in [2.75, 3.05) is 5.73 Å². The fraction of sp³-hybridized carbons (Fsp3) is 0.0769. The van der Waals surface area contributed by atoms with Crippen molar-refractivity contribution >= 4 is 28.9 Å². The molecule has 0 aliphatic heterocycles. The lowest BCUT2D eigenvalue weighted by atomic mass is 10.2. The highest BCUT2D eigenvalue weighted by molar-refractivity contribution is 6.42. The molecule has 0 unspecified atom stereocenters. The van der Waals surface area contributed by atoms with E-state index < -0.39 is 5.82 Å². The maximum Gasteiger partial charge on any atom is 0.168 e. The number of nitrogen functional groups attached to an aromatic ring is 1. The van der Waals surface area contributed by atoms with Gasteiger partial charge in [-0.15, -0.1) is 0 Å². The Bertz CT molecular complexity index is 602. The Hall–Kier alpha value is -1.45. The number of nitrogens with two attached hydrogens (primary N) is 1. The maximum atomic E-state index is 13.8. The Balaban J connectivity index is 2.40. The number of hydrogen-bond acceptors (Lipinski definition) is 2. The molecule has 2 N–H and O–H groups in total. The molecule has 0 heterocycles. The molecular weight excluding hydrogens is 276 g/mol. The smallest absolute Gasteiger partial charge is 0.168 e. The molecule has 2 nitrogen and oxygen atoms in total. The summed E-state index contributed by atoms with van der Waals surface area (Å²) in [5, 5.41) is 0.625. The molecule has 0 radical (unpaired) electrons. The van der Waals surface area contributed by atoms with Crippen molar-refractivity contribution in [1.29, 1.82) is 0 Å². The monoisotopic (exact) mass is 285 g/mol. The highest BCUT2D eigenvalue weighted by Gasteiger charge is 2.11. The molecule has 0 bridgehead atoms. The second-order valence-corrected chi connectivity index (χ2v) is 4.61. The van der Waals surface area contributed by atoms with E-state index in [1.807, 2.05) is 0 Å². The Kier molecular flexibility index (Phi) is 3.64. The average Bonchev–Trinajstić information content (AvgIpc) is 2.32. The van der Waals surface area contributed by atoms with Crippen molar-refractivity contribution in [2.24, 2.45) is 0 Å². The summed E-state index contributed by atoms with van der Waals surface area (Å²) in [5.41, 5.74) is 6.52. The summed E-state index contributed by atoms with van der Waals surface area (Å²) in [4.78, 5) is 0. The summed E-state index contributed by atoms with van der Waals surface area (Å²) >= 11 is 11.7. The standard InChI is InChI=1S/C13H10Cl2FNO/c1-7-3-2-4-11(13(7)16)18-12-6-9(15)8(14)5-10(12)17/h2-6H,17H2,1H3. The van der Waals surface area contributed by atoms with Gasteiger partial charge in [0, 0.05) is 6.07 Å². The van der Waals surface area contributed by atoms with Gasteiger partial charge in [0.25, 0.3) is 0 Å². The first-order valence-electron chi connectivity index (χ1n) is 5.16. The lowest BCUT2D eigenvalue weighted by Crippen LogP contribution is -1.95. The highest BCUT2D eigenvalue weighted by Crippen LogP contribution is 2.36. The van der Waals surface area contributed by atoms with E-state index >= 15 is 0 Å². The topological polar surface area (TPSA) is 35.2 Å². The van der Waals surface area contributed by atoms with Crippen LogP contribution in [-0.2, 0) is 0 Å². The second kappa shape index (κ2) is 5.04. The number of benzene rings is 2. The van der Waals surface area contributed by atoms with Gasteiger partial charge in [0.05, 0.1) is 15.7 Å². The van der Waals surface area contributed by atoms with Gasteiger partial charge in [-0.3, -0.25) is 0 Å². The molecule has 18 heavy (non-hydrogen) atoms. The number of halogens is 3. The molecule has 0 fully saturated rings. The molecule has 0 saturated carbocycles. The van der Waals surface area contributed by atoms with Gasteiger partial charge in [-0.05, 0) is 24.6 Å². The van der Waals surface area contributed by atoms with Crippen LogP contribution in [0, 0.1) is 12.7 Å². The van der Waals surface area contributed by atoms with Gasteiger partial charge in [-0.25, -0.2) is 4.39 Å². The molecule has 2 aromatic rings. The van der Waals surface area contributed by atoms with Crippen LogP contribution in [0.3, 0.4) is 0 Å². The van der Waals surface area contributed by atoms with E-state index in [0.29, 0.717) is 21.3 Å². The number of ether oxygens (including phenoxy) is 1. The summed E-state index contributed by atoms with van der Waals surface area (Å²) in [6.07, 6.45) is 0. The van der Waals surface area contributed by atoms with Crippen molar-refractivity contribution in [3.63, 3.8) is 0 Å². The lowest BCUT2D eigenvalue weighted by molar-refractivity contribution is 0.442. The van der Waals surface area contributed by atoms with Crippen LogP contribution >= 0.6 is 23.2 Å². The van der Waals surface area contributed by atoms with E-state index in [4.69, 9.17) is 33.7 Å². The number of anilines is 1. The summed E-state index contributed by atoms with van der Waals surface area (Å²) in [7, 11) is 0. The van der Waals surface area contributed by atoms with E-state index in [0.717, 1.165) is 0 Å². The zero-order valence-electron chi connectivity index (χ0n) is 9.51. The molecule has 0 spiro atoms. The van der Waals surface area contributed by atoms with Crippen LogP contribution in [0.1, 0.15) is 5.56 Å². The van der Waals surface area contributed by atoms with Crippen LogP contribution in [0.2, 0.25) is 10.0 Å². The largest absolute Gasteiger partial charge is 0.452 e. The van der Waals surface area contributed by atoms with Crippen LogP contribution in [-0.4, -0.2) is 0 Å². The average molecular weight is 286 g/mol. The molecular formula is C13H10Cl2FNO. The van der Waals surface area contributed by atoms with Gasteiger partial charge >= 0.3 is 0 Å². The summed E-state index contributed by atoms with van der Waals surface area (Å²) in [6.45, 7) is 1.65. The number of hydrogen-bond donors (Lipinski definition) is 1. The van der Waals surface area contributed by atoms with Crippen LogP contribution < -0.4 is 10.5 Å². The predicted molar refractivity (Wildman–Crippen MR) is 72.1 cm³/mol. The fourth-order valence-corrected chi connectivity index (χ4v) is 1.78. The van der Waals surface area contributed by atoms with Crippen molar-refractivity contribution < 1.29 is 9.13 Å². The molecule has 2 aromatic carbocycles. The third kappa shape index (κ3) is 2.52. The first kappa shape index (κ1) is 13.0. The molecule has 0 atom stereocenters. The quantitative estimate of drug-likeness (QED) is 0.803. The van der Waals surface area contributed by atoms with Crippen LogP contribution in [0.25, 0.3) is 0 Å². The Morgan fingerprint density at radius 3 is 2.50 bits per heavy atom. The van der Waals surface area contributed by atoms with Crippen molar-refractivity contribution in [3.8, 4) is 11.5 Å². The molecule has 94 valence electrons. The molecule has 0 amide bonds. The molecule has 0 aromatic heterocycles. The minimum Gasteiger partial charge on any atom is -0.452 e. The Labute approximate surface area is 114 Å². The molecule has 0 aliphatic rings. The van der Waals surface area contributed by atoms with E-state index in [1.54, 1.807) is 19.1 Å². The van der Waals surface area contributed by atoms with Gasteiger partial charge in [-0.1, -0.05) is 35.3 Å². The van der Waals surface area contributed by atoms with E-state index in [2.05, 4.69) is 0 Å². The van der Waals surface area contributed by atoms with Crippen molar-refractivity contribution in [2.45, 2.75) is 6.92 Å². The first-order chi connectivity index (χ1) is 8.49. The van der Waals surface area contributed by atoms with E-state index in [-0.39, 0.29) is 11.5 Å². The zero-order chi connectivity index (χ0) is 13.3. The summed E-state index contributed by atoms with van der Waals surface area (Å²) < 4.78 is 19.2. The van der Waals surface area contributed by atoms with Crippen LogP contribution in [0.15, 0.2) is 30.3 Å². The number of aryl methyl sites for hydroxylation is 1. The molecule has 0 saturated heterocycles. The Morgan fingerprint density at radius 1 is 1.11 bits per heavy atom. The second-order valence-electron chi connectivity index (χ2n) is 3.79. The van der Waals surface area contributed by atoms with Crippen molar-refractivity contribution in [3.05, 3.63) is 51.8 Å². The Morgan fingerprint density at radius 2 is 1.78 bits per heavy atom. The van der Waals surface area contributed by atoms with Gasteiger partial charge in [-0.2, -0.15) is 0 Å². The number of rotatable bonds is 2. The van der Waals surface area contributed by atoms with Gasteiger partial charge < -0.3 is 10.5 Å². The SMILES string of the molecule is Cc1cccc(Oc2cc(Cl)c(Cl)cc2N)c1F. The minimum absolute atomic E-state index is 0.0973. The van der Waals surface area contributed by atoms with E-state index in [1.165, 1.54) is 18.2 Å². The third-order valence-electron chi connectivity index (χ3n) is 2.43. The summed E-state index contributed by atoms with van der Waals surface area (Å²) in [5.74, 6) is -0.0584. The van der Waals surface area contributed by atoms with Gasteiger partial charge in [0.2, 0.25) is 0 Å². The summed E-state index contributed by atoms with van der Waals surface area (Å²) in [6, 6.07) is 7.79. The van der Waals surface area contributed by atoms with Crippen LogP contribution in [0.4, 0.5) is 10.1 Å². The normalized spacial score (nSPS) is 10.4. The zero-order valence-corrected chi connectivity index (χ0v) is 11.0.